The van der Waals surface area contributed by atoms with Crippen molar-refractivity contribution in [3.8, 4) is 0 Å². The Balaban J connectivity index is 1.72. The van der Waals surface area contributed by atoms with Gasteiger partial charge >= 0.3 is 6.09 Å². The fourth-order valence-electron chi connectivity index (χ4n) is 2.81. The number of nitrogens with one attached hydrogen (secondary N) is 3. The summed E-state index contributed by atoms with van der Waals surface area (Å²) in [5, 5.41) is 8.87. The second kappa shape index (κ2) is 12.1. The number of benzene rings is 2. The molecular formula is C24H30ClN3O4. The molecule has 0 aromatic heterocycles. The smallest absolute Gasteiger partial charge is 0.407 e. The molecule has 2 aromatic carbocycles. The quantitative estimate of drug-likeness (QED) is 0.516. The lowest BCUT2D eigenvalue weighted by Crippen LogP contribution is -2.35. The predicted molar refractivity (Wildman–Crippen MR) is 126 cm³/mol. The van der Waals surface area contributed by atoms with E-state index in [9.17, 15) is 14.4 Å². The van der Waals surface area contributed by atoms with Crippen molar-refractivity contribution in [2.24, 2.45) is 0 Å². The summed E-state index contributed by atoms with van der Waals surface area (Å²) >= 11 is 5.97. The number of amides is 3. The van der Waals surface area contributed by atoms with E-state index < -0.39 is 11.7 Å². The molecule has 2 rings (SSSR count). The van der Waals surface area contributed by atoms with Gasteiger partial charge in [-0.25, -0.2) is 4.79 Å². The Kier molecular flexibility index (Phi) is 9.53. The molecule has 0 aliphatic rings. The normalized spacial score (nSPS) is 10.9. The zero-order valence-corrected chi connectivity index (χ0v) is 19.4. The molecule has 0 bridgehead atoms. The highest BCUT2D eigenvalue weighted by atomic mass is 35.5. The first-order valence-corrected chi connectivity index (χ1v) is 10.9. The third kappa shape index (κ3) is 10.3. The molecule has 0 spiro atoms. The third-order valence-corrected chi connectivity index (χ3v) is 4.49. The van der Waals surface area contributed by atoms with Gasteiger partial charge in [-0.2, -0.15) is 0 Å². The largest absolute Gasteiger partial charge is 0.444 e. The van der Waals surface area contributed by atoms with E-state index in [-0.39, 0.29) is 24.8 Å². The number of ether oxygens (including phenoxy) is 1. The van der Waals surface area contributed by atoms with Crippen LogP contribution < -0.4 is 16.0 Å². The van der Waals surface area contributed by atoms with Crippen LogP contribution >= 0.6 is 11.6 Å². The first-order valence-electron chi connectivity index (χ1n) is 10.5. The summed E-state index contributed by atoms with van der Waals surface area (Å²) in [6.07, 6.45) is 0.522. The molecule has 0 saturated carbocycles. The Bertz CT molecular complexity index is 941. The Morgan fingerprint density at radius 1 is 0.906 bits per heavy atom. The van der Waals surface area contributed by atoms with E-state index in [2.05, 4.69) is 16.0 Å². The van der Waals surface area contributed by atoms with Crippen molar-refractivity contribution < 1.29 is 19.1 Å². The number of hydrogen-bond donors (Lipinski definition) is 3. The molecule has 8 heteroatoms. The average Bonchev–Trinajstić information content (AvgIpc) is 2.70. The Morgan fingerprint density at radius 3 is 2.34 bits per heavy atom. The fraction of sp³-hybridized carbons (Fsp3) is 0.375. The molecule has 0 radical (unpaired) electrons. The van der Waals surface area contributed by atoms with Gasteiger partial charge in [0, 0.05) is 36.6 Å². The molecule has 0 unspecified atom stereocenters. The van der Waals surface area contributed by atoms with Crippen molar-refractivity contribution >= 4 is 35.2 Å². The molecule has 32 heavy (non-hydrogen) atoms. The zero-order valence-electron chi connectivity index (χ0n) is 18.7. The molecule has 3 amide bonds. The minimum Gasteiger partial charge on any atom is -0.444 e. The first kappa shape index (κ1) is 25.2. The summed E-state index contributed by atoms with van der Waals surface area (Å²) in [5.41, 5.74) is 1.94. The molecule has 0 aliphatic carbocycles. The van der Waals surface area contributed by atoms with Gasteiger partial charge in [-0.1, -0.05) is 35.9 Å². The van der Waals surface area contributed by atoms with Crippen molar-refractivity contribution in [3.63, 3.8) is 0 Å². The van der Waals surface area contributed by atoms with Crippen molar-refractivity contribution in [1.29, 1.82) is 0 Å². The van der Waals surface area contributed by atoms with Crippen molar-refractivity contribution in [3.05, 3.63) is 64.7 Å². The molecular weight excluding hydrogens is 430 g/mol. The van der Waals surface area contributed by atoms with E-state index >= 15 is 0 Å². The SMILES string of the molecule is CC(C)(C)OC(=O)NCCC(=O)NCc1cccc(NC(=O)CCc2cccc(Cl)c2)c1. The van der Waals surface area contributed by atoms with Gasteiger partial charge in [0.1, 0.15) is 5.60 Å². The van der Waals surface area contributed by atoms with Gasteiger partial charge in [0.2, 0.25) is 11.8 Å². The highest BCUT2D eigenvalue weighted by Gasteiger charge is 2.15. The Morgan fingerprint density at radius 2 is 1.62 bits per heavy atom. The van der Waals surface area contributed by atoms with Crippen LogP contribution in [-0.4, -0.2) is 30.1 Å². The van der Waals surface area contributed by atoms with E-state index in [1.54, 1.807) is 32.9 Å². The van der Waals surface area contributed by atoms with Crippen LogP contribution in [-0.2, 0) is 27.3 Å². The third-order valence-electron chi connectivity index (χ3n) is 4.25. The number of halogens is 1. The van der Waals surface area contributed by atoms with E-state index in [0.717, 1.165) is 11.1 Å². The summed E-state index contributed by atoms with van der Waals surface area (Å²) in [6, 6.07) is 14.7. The van der Waals surface area contributed by atoms with Gasteiger partial charge in [-0.3, -0.25) is 9.59 Å². The van der Waals surface area contributed by atoms with Crippen LogP contribution in [0.3, 0.4) is 0 Å². The van der Waals surface area contributed by atoms with Gasteiger partial charge in [-0.15, -0.1) is 0 Å². The molecule has 7 nitrogen and oxygen atoms in total. The van der Waals surface area contributed by atoms with Gasteiger partial charge in [0.15, 0.2) is 0 Å². The second-order valence-corrected chi connectivity index (χ2v) is 8.77. The van der Waals surface area contributed by atoms with Crippen LogP contribution in [0.4, 0.5) is 10.5 Å². The number of aryl methyl sites for hydroxylation is 1. The summed E-state index contributed by atoms with van der Waals surface area (Å²) in [4.78, 5) is 35.8. The standard InChI is InChI=1S/C24H30ClN3O4/c1-24(2,3)32-23(31)26-13-12-21(29)27-16-18-7-5-9-20(15-18)28-22(30)11-10-17-6-4-8-19(25)14-17/h4-9,14-15H,10-13,16H2,1-3H3,(H,26,31)(H,27,29)(H,28,30). The number of carbonyl (C=O) groups excluding carboxylic acids is 3. The summed E-state index contributed by atoms with van der Waals surface area (Å²) in [6.45, 7) is 5.82. The first-order chi connectivity index (χ1) is 15.1. The van der Waals surface area contributed by atoms with Gasteiger partial charge in [0.25, 0.3) is 0 Å². The Labute approximate surface area is 193 Å². The highest BCUT2D eigenvalue weighted by molar-refractivity contribution is 6.30. The maximum atomic E-state index is 12.2. The van der Waals surface area contributed by atoms with E-state index in [0.29, 0.717) is 30.1 Å². The molecule has 0 heterocycles. The maximum Gasteiger partial charge on any atom is 0.407 e. The van der Waals surface area contributed by atoms with Crippen molar-refractivity contribution in [1.82, 2.24) is 10.6 Å². The monoisotopic (exact) mass is 459 g/mol. The molecule has 0 saturated heterocycles. The topological polar surface area (TPSA) is 96.5 Å². The number of carbonyl (C=O) groups is 3. The predicted octanol–water partition coefficient (Wildman–Crippen LogP) is 4.44. The molecule has 0 aliphatic heterocycles. The van der Waals surface area contributed by atoms with Crippen LogP contribution in [0.25, 0.3) is 0 Å². The minimum absolute atomic E-state index is 0.0978. The number of hydrogen-bond acceptors (Lipinski definition) is 4. The number of anilines is 1. The van der Waals surface area contributed by atoms with Crippen LogP contribution in [0.2, 0.25) is 5.02 Å². The molecule has 0 atom stereocenters. The summed E-state index contributed by atoms with van der Waals surface area (Å²) < 4.78 is 5.12. The molecule has 2 aromatic rings. The van der Waals surface area contributed by atoms with Crippen LogP contribution in [0, 0.1) is 0 Å². The fourth-order valence-corrected chi connectivity index (χ4v) is 3.03. The van der Waals surface area contributed by atoms with E-state index in [4.69, 9.17) is 16.3 Å². The van der Waals surface area contributed by atoms with E-state index in [1.165, 1.54) is 0 Å². The molecule has 3 N–H and O–H groups in total. The van der Waals surface area contributed by atoms with Crippen LogP contribution in [0.15, 0.2) is 48.5 Å². The summed E-state index contributed by atoms with van der Waals surface area (Å²) in [5.74, 6) is -0.295. The molecule has 172 valence electrons. The van der Waals surface area contributed by atoms with E-state index in [1.807, 2.05) is 36.4 Å². The minimum atomic E-state index is -0.581. The van der Waals surface area contributed by atoms with Gasteiger partial charge < -0.3 is 20.7 Å². The van der Waals surface area contributed by atoms with Crippen molar-refractivity contribution in [2.45, 2.75) is 52.2 Å². The number of rotatable bonds is 9. The average molecular weight is 460 g/mol. The Hall–Kier alpha value is -3.06. The lowest BCUT2D eigenvalue weighted by Gasteiger charge is -2.19. The summed E-state index contributed by atoms with van der Waals surface area (Å²) in [7, 11) is 0. The van der Waals surface area contributed by atoms with Crippen LogP contribution in [0.5, 0.6) is 0 Å². The lowest BCUT2D eigenvalue weighted by molar-refractivity contribution is -0.121. The van der Waals surface area contributed by atoms with Gasteiger partial charge in [-0.05, 0) is 62.6 Å². The zero-order chi connectivity index (χ0) is 23.6. The van der Waals surface area contributed by atoms with Crippen molar-refractivity contribution in [2.75, 3.05) is 11.9 Å². The van der Waals surface area contributed by atoms with Gasteiger partial charge in [0.05, 0.1) is 0 Å². The lowest BCUT2D eigenvalue weighted by atomic mass is 10.1. The highest BCUT2D eigenvalue weighted by Crippen LogP contribution is 2.14. The maximum absolute atomic E-state index is 12.2. The number of alkyl carbamates (subject to hydrolysis) is 1. The second-order valence-electron chi connectivity index (χ2n) is 8.33. The van der Waals surface area contributed by atoms with Crippen LogP contribution in [0.1, 0.15) is 44.7 Å². The molecule has 0 fully saturated rings.